The molecule has 5 nitrogen and oxygen atoms in total. The number of nitrogens with zero attached hydrogens (tertiary/aromatic N) is 5. The third-order valence-corrected chi connectivity index (χ3v) is 9.03. The molecule has 234 valence electrons. The van der Waals surface area contributed by atoms with Gasteiger partial charge in [-0.1, -0.05) is 115 Å². The van der Waals surface area contributed by atoms with Crippen molar-refractivity contribution in [3.63, 3.8) is 0 Å². The van der Waals surface area contributed by atoms with Crippen molar-refractivity contribution >= 4 is 21.5 Å². The van der Waals surface area contributed by atoms with Crippen molar-refractivity contribution < 1.29 is 0 Å². The molecule has 6 aromatic carbocycles. The van der Waals surface area contributed by atoms with Gasteiger partial charge in [0, 0.05) is 46.4 Å². The lowest BCUT2D eigenvalue weighted by Gasteiger charge is -2.10. The lowest BCUT2D eigenvalue weighted by molar-refractivity contribution is 1.07. The van der Waals surface area contributed by atoms with E-state index in [1.54, 1.807) is 6.20 Å². The third kappa shape index (κ3) is 5.78. The van der Waals surface area contributed by atoms with Gasteiger partial charge in [-0.2, -0.15) is 0 Å². The molecule has 0 spiro atoms. The molecule has 0 aliphatic carbocycles. The molecule has 0 N–H and O–H groups in total. The van der Waals surface area contributed by atoms with E-state index in [-0.39, 0.29) is 0 Å². The van der Waals surface area contributed by atoms with E-state index in [1.165, 1.54) is 10.9 Å². The molecule has 3 aromatic heterocycles. The number of pyridine rings is 2. The quantitative estimate of drug-likeness (QED) is 0.169. The molecule has 5 heteroatoms. The standard InChI is InChI=1S/C45H29N5/c1-3-8-30(9-4-1)31-13-15-33(16-14-31)44-48-43(32-10-5-2-6-11-32)49-45(50-44)37-20-19-36-25-40-24-34(17-18-35(40)26-41(36)27-37)38-21-22-42(47-29-38)39-12-7-23-46-28-39/h1-29H. The van der Waals surface area contributed by atoms with Crippen LogP contribution in [0.15, 0.2) is 176 Å². The predicted molar refractivity (Wildman–Crippen MR) is 203 cm³/mol. The Hall–Kier alpha value is -6.85. The van der Waals surface area contributed by atoms with Gasteiger partial charge in [-0.3, -0.25) is 9.97 Å². The fourth-order valence-electron chi connectivity index (χ4n) is 6.36. The van der Waals surface area contributed by atoms with Crippen LogP contribution in [0.4, 0.5) is 0 Å². The van der Waals surface area contributed by atoms with Gasteiger partial charge in [-0.25, -0.2) is 15.0 Å². The van der Waals surface area contributed by atoms with Crippen molar-refractivity contribution in [3.05, 3.63) is 176 Å². The first-order valence-electron chi connectivity index (χ1n) is 16.6. The van der Waals surface area contributed by atoms with E-state index in [9.17, 15) is 0 Å². The highest BCUT2D eigenvalue weighted by Gasteiger charge is 2.14. The molecule has 9 rings (SSSR count). The summed E-state index contributed by atoms with van der Waals surface area (Å²) in [6.07, 6.45) is 5.54. The Morgan fingerprint density at radius 1 is 0.300 bits per heavy atom. The van der Waals surface area contributed by atoms with Gasteiger partial charge in [0.1, 0.15) is 0 Å². The van der Waals surface area contributed by atoms with Gasteiger partial charge in [0.25, 0.3) is 0 Å². The van der Waals surface area contributed by atoms with E-state index in [0.29, 0.717) is 17.5 Å². The van der Waals surface area contributed by atoms with Gasteiger partial charge >= 0.3 is 0 Å². The first kappa shape index (κ1) is 29.3. The summed E-state index contributed by atoms with van der Waals surface area (Å²) in [6.45, 7) is 0. The Labute approximate surface area is 289 Å². The molecule has 0 atom stereocenters. The molecular formula is C45H29N5. The molecule has 0 unspecified atom stereocenters. The summed E-state index contributed by atoms with van der Waals surface area (Å²) in [6, 6.07) is 54.5. The van der Waals surface area contributed by atoms with E-state index in [1.807, 2.05) is 67.0 Å². The summed E-state index contributed by atoms with van der Waals surface area (Å²) in [5, 5.41) is 4.61. The first-order chi connectivity index (χ1) is 24.7. The predicted octanol–water partition coefficient (Wildman–Crippen LogP) is 11.0. The van der Waals surface area contributed by atoms with Crippen LogP contribution in [0, 0.1) is 0 Å². The molecule has 50 heavy (non-hydrogen) atoms. The highest BCUT2D eigenvalue weighted by atomic mass is 15.0. The van der Waals surface area contributed by atoms with E-state index in [2.05, 4.69) is 108 Å². The summed E-state index contributed by atoms with van der Waals surface area (Å²) in [4.78, 5) is 23.8. The Kier molecular flexibility index (Phi) is 7.41. The SMILES string of the molecule is c1ccc(-c2ccc(-c3nc(-c4ccccc4)nc(-c4ccc5cc6cc(-c7ccc(-c8cccnc8)nc7)ccc6cc5c4)n3)cc2)cc1. The van der Waals surface area contributed by atoms with Crippen molar-refractivity contribution in [2.45, 2.75) is 0 Å². The van der Waals surface area contributed by atoms with Crippen LogP contribution in [0.25, 0.3) is 89.2 Å². The largest absolute Gasteiger partial charge is 0.264 e. The van der Waals surface area contributed by atoms with E-state index in [4.69, 9.17) is 19.9 Å². The Balaban J connectivity index is 1.07. The molecule has 0 fully saturated rings. The number of aromatic nitrogens is 5. The smallest absolute Gasteiger partial charge is 0.164 e. The molecule has 3 heterocycles. The second-order valence-corrected chi connectivity index (χ2v) is 12.3. The number of fused-ring (bicyclic) bond motifs is 2. The average molecular weight is 640 g/mol. The third-order valence-electron chi connectivity index (χ3n) is 9.03. The van der Waals surface area contributed by atoms with E-state index < -0.39 is 0 Å². The summed E-state index contributed by atoms with van der Waals surface area (Å²) >= 11 is 0. The monoisotopic (exact) mass is 639 g/mol. The van der Waals surface area contributed by atoms with Crippen molar-refractivity contribution in [1.29, 1.82) is 0 Å². The van der Waals surface area contributed by atoms with Crippen molar-refractivity contribution in [3.8, 4) is 67.7 Å². The molecule has 9 aromatic rings. The summed E-state index contributed by atoms with van der Waals surface area (Å²) in [5.74, 6) is 1.93. The zero-order valence-corrected chi connectivity index (χ0v) is 27.0. The van der Waals surface area contributed by atoms with Crippen LogP contribution >= 0.6 is 0 Å². The van der Waals surface area contributed by atoms with Gasteiger partial charge in [-0.15, -0.1) is 0 Å². The Bertz CT molecular complexity index is 2600. The highest BCUT2D eigenvalue weighted by Crippen LogP contribution is 2.32. The van der Waals surface area contributed by atoms with Gasteiger partial charge in [0.15, 0.2) is 17.5 Å². The molecule has 0 aliphatic rings. The summed E-state index contributed by atoms with van der Waals surface area (Å²) in [7, 11) is 0. The molecule has 0 amide bonds. The van der Waals surface area contributed by atoms with E-state index >= 15 is 0 Å². The van der Waals surface area contributed by atoms with Crippen LogP contribution in [0.5, 0.6) is 0 Å². The molecule has 0 radical (unpaired) electrons. The lowest BCUT2D eigenvalue weighted by atomic mass is 9.98. The van der Waals surface area contributed by atoms with Crippen LogP contribution < -0.4 is 0 Å². The van der Waals surface area contributed by atoms with Gasteiger partial charge < -0.3 is 0 Å². The number of rotatable bonds is 6. The minimum Gasteiger partial charge on any atom is -0.264 e. The maximum absolute atomic E-state index is 5.01. The number of benzene rings is 6. The van der Waals surface area contributed by atoms with Crippen molar-refractivity contribution in [1.82, 2.24) is 24.9 Å². The fraction of sp³-hybridized carbons (Fsp3) is 0. The van der Waals surface area contributed by atoms with Crippen LogP contribution in [0.3, 0.4) is 0 Å². The number of hydrogen-bond acceptors (Lipinski definition) is 5. The molecule has 0 aliphatic heterocycles. The fourth-order valence-corrected chi connectivity index (χ4v) is 6.36. The van der Waals surface area contributed by atoms with Crippen molar-refractivity contribution in [2.24, 2.45) is 0 Å². The maximum Gasteiger partial charge on any atom is 0.164 e. The average Bonchev–Trinajstić information content (AvgIpc) is 3.20. The van der Waals surface area contributed by atoms with Gasteiger partial charge in [-0.05, 0) is 80.7 Å². The summed E-state index contributed by atoms with van der Waals surface area (Å²) < 4.78 is 0. The minimum atomic E-state index is 0.639. The normalized spacial score (nSPS) is 11.2. The van der Waals surface area contributed by atoms with Crippen molar-refractivity contribution in [2.75, 3.05) is 0 Å². The first-order valence-corrected chi connectivity index (χ1v) is 16.6. The Morgan fingerprint density at radius 3 is 1.42 bits per heavy atom. The van der Waals surface area contributed by atoms with Crippen LogP contribution in [0.1, 0.15) is 0 Å². The Morgan fingerprint density at radius 2 is 0.800 bits per heavy atom. The van der Waals surface area contributed by atoms with Crippen LogP contribution in [-0.2, 0) is 0 Å². The summed E-state index contributed by atoms with van der Waals surface area (Å²) in [5.41, 5.74) is 9.26. The molecule has 0 bridgehead atoms. The zero-order valence-electron chi connectivity index (χ0n) is 27.0. The molecular weight excluding hydrogens is 611 g/mol. The molecule has 0 saturated carbocycles. The minimum absolute atomic E-state index is 0.639. The van der Waals surface area contributed by atoms with E-state index in [0.717, 1.165) is 60.8 Å². The lowest BCUT2D eigenvalue weighted by Crippen LogP contribution is -2.00. The number of hydrogen-bond donors (Lipinski definition) is 0. The van der Waals surface area contributed by atoms with Gasteiger partial charge in [0.05, 0.1) is 5.69 Å². The highest BCUT2D eigenvalue weighted by molar-refractivity contribution is 6.01. The van der Waals surface area contributed by atoms with Crippen LogP contribution in [0.2, 0.25) is 0 Å². The van der Waals surface area contributed by atoms with Crippen LogP contribution in [-0.4, -0.2) is 24.9 Å². The second kappa shape index (κ2) is 12.6. The second-order valence-electron chi connectivity index (χ2n) is 12.3. The van der Waals surface area contributed by atoms with Gasteiger partial charge in [0.2, 0.25) is 0 Å². The molecule has 0 saturated heterocycles. The topological polar surface area (TPSA) is 64.5 Å². The maximum atomic E-state index is 5.01. The zero-order chi connectivity index (χ0) is 33.3.